The van der Waals surface area contributed by atoms with Crippen LogP contribution in [-0.4, -0.2) is 34.2 Å². The zero-order chi connectivity index (χ0) is 19.9. The van der Waals surface area contributed by atoms with Crippen LogP contribution in [0.2, 0.25) is 0 Å². The first-order chi connectivity index (χ1) is 13.6. The molecule has 3 rings (SSSR count). The number of benzene rings is 2. The van der Waals surface area contributed by atoms with E-state index in [1.54, 1.807) is 12.1 Å². The number of carbonyl (C=O) groups excluding carboxylic acids is 1. The first-order valence-corrected chi connectivity index (χ1v) is 10.4. The van der Waals surface area contributed by atoms with Gasteiger partial charge in [0.1, 0.15) is 0 Å². The van der Waals surface area contributed by atoms with Crippen molar-refractivity contribution in [2.75, 3.05) is 13.2 Å². The Morgan fingerprint density at radius 3 is 2.43 bits per heavy atom. The summed E-state index contributed by atoms with van der Waals surface area (Å²) < 4.78 is 0. The molecule has 1 aliphatic rings. The van der Waals surface area contributed by atoms with Crippen molar-refractivity contribution in [1.82, 2.24) is 10.2 Å². The Hall–Kier alpha value is -2.24. The fourth-order valence-electron chi connectivity index (χ4n) is 3.57. The number of carbonyl (C=O) groups is 1. The van der Waals surface area contributed by atoms with Gasteiger partial charge in [-0.3, -0.25) is 10.1 Å². The first-order valence-electron chi connectivity index (χ1n) is 10.0. The zero-order valence-corrected chi connectivity index (χ0v) is 17.1. The van der Waals surface area contributed by atoms with E-state index in [1.165, 1.54) is 18.4 Å². The molecule has 0 radical (unpaired) electrons. The molecule has 0 saturated heterocycles. The summed E-state index contributed by atoms with van der Waals surface area (Å²) >= 11 is 5.67. The maximum Gasteiger partial charge on any atom is 0.257 e. The highest BCUT2D eigenvalue weighted by atomic mass is 32.1. The molecule has 4 nitrogen and oxygen atoms in total. The van der Waals surface area contributed by atoms with E-state index in [-0.39, 0.29) is 18.6 Å². The van der Waals surface area contributed by atoms with Crippen LogP contribution in [0.15, 0.2) is 54.6 Å². The minimum absolute atomic E-state index is 0.156. The van der Waals surface area contributed by atoms with Crippen molar-refractivity contribution in [3.63, 3.8) is 0 Å². The molecular formula is C23H28N2O2S. The van der Waals surface area contributed by atoms with Crippen molar-refractivity contribution in [2.24, 2.45) is 5.92 Å². The predicted molar refractivity (Wildman–Crippen MR) is 116 cm³/mol. The van der Waals surface area contributed by atoms with Crippen molar-refractivity contribution in [3.05, 3.63) is 71.3 Å². The molecule has 5 heteroatoms. The minimum Gasteiger partial charge on any atom is -0.396 e. The number of thiocarbonyl (C=S) groups is 1. The zero-order valence-electron chi connectivity index (χ0n) is 16.3. The summed E-state index contributed by atoms with van der Waals surface area (Å²) in [5, 5.41) is 12.6. The number of aliphatic hydroxyl groups excluding tert-OH is 1. The second-order valence-corrected chi connectivity index (χ2v) is 7.70. The lowest BCUT2D eigenvalue weighted by molar-refractivity contribution is 0.0970. The summed E-state index contributed by atoms with van der Waals surface area (Å²) in [5.74, 6) is 0.390. The molecule has 0 aromatic heterocycles. The number of nitrogens with zero attached hydrogens (tertiary/aromatic N) is 1. The SMILES string of the molecule is CCCN(C(=S)NC(=O)c1ccccc1)C(c1ccc(CCO)cc1)C1CC1. The van der Waals surface area contributed by atoms with Gasteiger partial charge in [-0.2, -0.15) is 0 Å². The van der Waals surface area contributed by atoms with Crippen LogP contribution >= 0.6 is 12.2 Å². The maximum atomic E-state index is 12.6. The van der Waals surface area contributed by atoms with E-state index >= 15 is 0 Å². The van der Waals surface area contributed by atoms with Crippen LogP contribution in [0.25, 0.3) is 0 Å². The molecule has 2 aromatic rings. The largest absolute Gasteiger partial charge is 0.396 e. The highest BCUT2D eigenvalue weighted by Crippen LogP contribution is 2.44. The van der Waals surface area contributed by atoms with E-state index in [2.05, 4.69) is 41.4 Å². The number of nitrogens with one attached hydrogen (secondary N) is 1. The van der Waals surface area contributed by atoms with E-state index in [4.69, 9.17) is 17.3 Å². The van der Waals surface area contributed by atoms with Crippen molar-refractivity contribution < 1.29 is 9.90 Å². The molecule has 1 aliphatic carbocycles. The number of amides is 1. The summed E-state index contributed by atoms with van der Waals surface area (Å²) in [5.41, 5.74) is 2.95. The van der Waals surface area contributed by atoms with Gasteiger partial charge >= 0.3 is 0 Å². The molecule has 1 amide bonds. The van der Waals surface area contributed by atoms with E-state index in [0.717, 1.165) is 18.5 Å². The predicted octanol–water partition coefficient (Wildman–Crippen LogP) is 4.10. The van der Waals surface area contributed by atoms with Crippen LogP contribution in [0.5, 0.6) is 0 Å². The highest BCUT2D eigenvalue weighted by molar-refractivity contribution is 7.80. The molecule has 2 N–H and O–H groups in total. The Bertz CT molecular complexity index is 788. The van der Waals surface area contributed by atoms with Gasteiger partial charge in [0, 0.05) is 18.7 Å². The molecule has 2 aromatic carbocycles. The van der Waals surface area contributed by atoms with Gasteiger partial charge < -0.3 is 10.0 Å². The number of hydrogen-bond acceptors (Lipinski definition) is 3. The van der Waals surface area contributed by atoms with Gasteiger partial charge in [-0.15, -0.1) is 0 Å². The second kappa shape index (κ2) is 9.80. The lowest BCUT2D eigenvalue weighted by Gasteiger charge is -2.34. The lowest BCUT2D eigenvalue weighted by Crippen LogP contribution is -2.45. The maximum absolute atomic E-state index is 12.6. The van der Waals surface area contributed by atoms with E-state index in [0.29, 0.717) is 23.0 Å². The summed E-state index contributed by atoms with van der Waals surface area (Å²) in [4.78, 5) is 14.8. The smallest absolute Gasteiger partial charge is 0.257 e. The third kappa shape index (κ3) is 5.18. The molecule has 1 fully saturated rings. The monoisotopic (exact) mass is 396 g/mol. The van der Waals surface area contributed by atoms with Gasteiger partial charge in [0.2, 0.25) is 0 Å². The topological polar surface area (TPSA) is 52.6 Å². The van der Waals surface area contributed by atoms with Gasteiger partial charge in [0.15, 0.2) is 5.11 Å². The Kier molecular flexibility index (Phi) is 7.18. The summed E-state index contributed by atoms with van der Waals surface area (Å²) in [6.07, 6.45) is 3.97. The van der Waals surface area contributed by atoms with Gasteiger partial charge in [-0.25, -0.2) is 0 Å². The molecule has 1 saturated carbocycles. The van der Waals surface area contributed by atoms with Crippen molar-refractivity contribution in [3.8, 4) is 0 Å². The Labute approximate surface area is 172 Å². The minimum atomic E-state index is -0.167. The Morgan fingerprint density at radius 2 is 1.86 bits per heavy atom. The molecule has 1 unspecified atom stereocenters. The molecule has 1 atom stereocenters. The summed E-state index contributed by atoms with van der Waals surface area (Å²) in [6.45, 7) is 3.08. The van der Waals surface area contributed by atoms with Crippen LogP contribution in [0.1, 0.15) is 53.7 Å². The standard InChI is InChI=1S/C23H28N2O2S/c1-2-15-25(23(28)24-22(27)20-6-4-3-5-7-20)21(19-12-13-19)18-10-8-17(9-11-18)14-16-26/h3-11,19,21,26H,2,12-16H2,1H3,(H,24,27,28). The van der Waals surface area contributed by atoms with Crippen molar-refractivity contribution in [2.45, 2.75) is 38.6 Å². The van der Waals surface area contributed by atoms with Gasteiger partial charge in [-0.1, -0.05) is 49.4 Å². The summed E-state index contributed by atoms with van der Waals surface area (Å²) in [7, 11) is 0. The van der Waals surface area contributed by atoms with Crippen molar-refractivity contribution >= 4 is 23.2 Å². The molecule has 0 bridgehead atoms. The van der Waals surface area contributed by atoms with Crippen LogP contribution in [0.3, 0.4) is 0 Å². The third-order valence-electron chi connectivity index (χ3n) is 5.11. The van der Waals surface area contributed by atoms with E-state index < -0.39 is 0 Å². The first kappa shape index (κ1) is 20.5. The third-order valence-corrected chi connectivity index (χ3v) is 5.44. The van der Waals surface area contributed by atoms with Crippen molar-refractivity contribution in [1.29, 1.82) is 0 Å². The normalized spacial score (nSPS) is 14.4. The number of hydrogen-bond donors (Lipinski definition) is 2. The van der Waals surface area contributed by atoms with Crippen LogP contribution in [0, 0.1) is 5.92 Å². The molecular weight excluding hydrogens is 368 g/mol. The quantitative estimate of drug-likeness (QED) is 0.660. The Balaban J connectivity index is 1.79. The molecule has 0 heterocycles. The van der Waals surface area contributed by atoms with Gasteiger partial charge in [0.05, 0.1) is 6.04 Å². The lowest BCUT2D eigenvalue weighted by atomic mass is 9.98. The number of rotatable bonds is 8. The number of aliphatic hydroxyl groups is 1. The van der Waals surface area contributed by atoms with Crippen LogP contribution < -0.4 is 5.32 Å². The average Bonchev–Trinajstić information content (AvgIpc) is 3.55. The second-order valence-electron chi connectivity index (χ2n) is 7.32. The molecule has 28 heavy (non-hydrogen) atoms. The molecule has 0 aliphatic heterocycles. The van der Waals surface area contributed by atoms with Crippen LogP contribution in [0.4, 0.5) is 0 Å². The fraction of sp³-hybridized carbons (Fsp3) is 0.391. The molecule has 0 spiro atoms. The average molecular weight is 397 g/mol. The fourth-order valence-corrected chi connectivity index (χ4v) is 3.87. The Morgan fingerprint density at radius 1 is 1.18 bits per heavy atom. The van der Waals surface area contributed by atoms with Gasteiger partial charge in [-0.05, 0) is 67.1 Å². The van der Waals surface area contributed by atoms with E-state index in [9.17, 15) is 4.79 Å². The van der Waals surface area contributed by atoms with Gasteiger partial charge in [0.25, 0.3) is 5.91 Å². The highest BCUT2D eigenvalue weighted by Gasteiger charge is 2.37. The van der Waals surface area contributed by atoms with Crippen LogP contribution in [-0.2, 0) is 6.42 Å². The van der Waals surface area contributed by atoms with E-state index in [1.807, 2.05) is 18.2 Å². The summed E-state index contributed by atoms with van der Waals surface area (Å²) in [6, 6.07) is 17.8. The molecule has 148 valence electrons.